The molecular weight excluding hydrogens is 495 g/mol. The van der Waals surface area contributed by atoms with Crippen LogP contribution in [0.2, 0.25) is 0 Å². The van der Waals surface area contributed by atoms with E-state index < -0.39 is 23.5 Å². The molecule has 2 heterocycles. The van der Waals surface area contributed by atoms with Crippen molar-refractivity contribution >= 4 is 11.1 Å². The lowest BCUT2D eigenvalue weighted by Crippen LogP contribution is -2.35. The van der Waals surface area contributed by atoms with E-state index in [1.54, 1.807) is 19.1 Å². The van der Waals surface area contributed by atoms with Crippen molar-refractivity contribution in [1.29, 1.82) is 0 Å². The molecule has 0 radical (unpaired) electrons. The van der Waals surface area contributed by atoms with Gasteiger partial charge in [-0.25, -0.2) is 8.78 Å². The summed E-state index contributed by atoms with van der Waals surface area (Å²) in [7, 11) is 0. The number of allylic oxidation sites excluding steroid dienone is 1. The highest BCUT2D eigenvalue weighted by Crippen LogP contribution is 2.48. The number of phenols is 2. The number of hydrogen-bond acceptors (Lipinski definition) is 5. The summed E-state index contributed by atoms with van der Waals surface area (Å²) in [4.78, 5) is 2.24. The minimum Gasteiger partial charge on any atom is -0.508 e. The second-order valence-electron chi connectivity index (χ2n) is 10.0. The second kappa shape index (κ2) is 10.6. The molecule has 3 aromatic rings. The van der Waals surface area contributed by atoms with Crippen LogP contribution in [0.4, 0.5) is 13.2 Å². The van der Waals surface area contributed by atoms with E-state index in [9.17, 15) is 23.4 Å². The quantitative estimate of drug-likeness (QED) is 0.369. The number of phenolic OH excluding ortho intramolecular Hbond substituents is 2. The van der Waals surface area contributed by atoms with Crippen LogP contribution >= 0.6 is 0 Å². The lowest BCUT2D eigenvalue weighted by atomic mass is 9.86. The third kappa shape index (κ3) is 5.05. The van der Waals surface area contributed by atoms with Crippen LogP contribution in [-0.4, -0.2) is 47.5 Å². The van der Waals surface area contributed by atoms with Crippen LogP contribution < -0.4 is 9.47 Å². The summed E-state index contributed by atoms with van der Waals surface area (Å²) in [6.45, 7) is 5.64. The number of rotatable bonds is 7. The van der Waals surface area contributed by atoms with E-state index in [2.05, 4.69) is 11.8 Å². The van der Waals surface area contributed by atoms with Gasteiger partial charge in [-0.15, -0.1) is 0 Å². The van der Waals surface area contributed by atoms with Gasteiger partial charge < -0.3 is 19.7 Å². The Kier molecular flexibility index (Phi) is 7.25. The Morgan fingerprint density at radius 3 is 2.42 bits per heavy atom. The number of nitrogens with zero attached hydrogens (tertiary/aromatic N) is 1. The van der Waals surface area contributed by atoms with Crippen LogP contribution in [0.3, 0.4) is 0 Å². The van der Waals surface area contributed by atoms with Crippen molar-refractivity contribution < 1.29 is 32.9 Å². The van der Waals surface area contributed by atoms with Gasteiger partial charge in [0.1, 0.15) is 30.0 Å². The Morgan fingerprint density at radius 1 is 1.05 bits per heavy atom. The molecule has 2 aliphatic rings. The van der Waals surface area contributed by atoms with Gasteiger partial charge in [0.15, 0.2) is 17.4 Å². The maximum atomic E-state index is 14.3. The van der Waals surface area contributed by atoms with E-state index in [1.165, 1.54) is 6.07 Å². The first-order valence-corrected chi connectivity index (χ1v) is 12.7. The van der Waals surface area contributed by atoms with E-state index in [-0.39, 0.29) is 29.9 Å². The van der Waals surface area contributed by atoms with Gasteiger partial charge in [-0.1, -0.05) is 12.1 Å². The molecular formula is C30H30F3NO4. The monoisotopic (exact) mass is 525 g/mol. The van der Waals surface area contributed by atoms with Crippen LogP contribution in [0.15, 0.2) is 54.6 Å². The Morgan fingerprint density at radius 2 is 1.76 bits per heavy atom. The smallest absolute Gasteiger partial charge is 0.187 e. The van der Waals surface area contributed by atoms with Crippen molar-refractivity contribution in [2.75, 3.05) is 26.4 Å². The highest BCUT2D eigenvalue weighted by molar-refractivity contribution is 5.95. The normalized spacial score (nSPS) is 20.2. The van der Waals surface area contributed by atoms with Crippen molar-refractivity contribution in [1.82, 2.24) is 4.90 Å². The third-order valence-corrected chi connectivity index (χ3v) is 7.44. The number of fused-ring (bicyclic) bond motifs is 1. The average molecular weight is 526 g/mol. The molecule has 0 saturated carbocycles. The maximum absolute atomic E-state index is 14.3. The van der Waals surface area contributed by atoms with Crippen LogP contribution in [0.25, 0.3) is 11.1 Å². The Balaban J connectivity index is 1.42. The Hall–Kier alpha value is -3.65. The third-order valence-electron chi connectivity index (χ3n) is 7.44. The zero-order valence-electron chi connectivity index (χ0n) is 21.3. The predicted octanol–water partition coefficient (Wildman–Crippen LogP) is 6.50. The van der Waals surface area contributed by atoms with Crippen LogP contribution in [0, 0.1) is 17.6 Å². The van der Waals surface area contributed by atoms with Gasteiger partial charge in [0, 0.05) is 29.6 Å². The molecule has 0 bridgehead atoms. The molecule has 200 valence electrons. The Bertz CT molecular complexity index is 1340. The number of likely N-dealkylation sites (tertiary alicyclic amines) is 1. The van der Waals surface area contributed by atoms with Crippen molar-refractivity contribution in [2.45, 2.75) is 32.4 Å². The molecule has 0 aliphatic carbocycles. The number of ether oxygens (including phenoxy) is 2. The van der Waals surface area contributed by atoms with Crippen molar-refractivity contribution in [3.05, 3.63) is 82.9 Å². The fourth-order valence-corrected chi connectivity index (χ4v) is 5.21. The predicted molar refractivity (Wildman–Crippen MR) is 139 cm³/mol. The molecule has 3 unspecified atom stereocenters. The maximum Gasteiger partial charge on any atom is 0.187 e. The highest BCUT2D eigenvalue weighted by atomic mass is 19.1. The van der Waals surface area contributed by atoms with Crippen LogP contribution in [0.5, 0.6) is 23.0 Å². The fraction of sp³-hybridized carbons (Fsp3) is 0.333. The first-order chi connectivity index (χ1) is 18.2. The number of aromatic hydroxyl groups is 2. The zero-order valence-corrected chi connectivity index (χ0v) is 21.3. The van der Waals surface area contributed by atoms with Crippen LogP contribution in [0.1, 0.15) is 43.1 Å². The molecule has 0 spiro atoms. The lowest BCUT2D eigenvalue weighted by Gasteiger charge is -2.31. The van der Waals surface area contributed by atoms with Crippen LogP contribution in [-0.2, 0) is 0 Å². The largest absolute Gasteiger partial charge is 0.508 e. The average Bonchev–Trinajstić information content (AvgIpc) is 3.40. The van der Waals surface area contributed by atoms with Gasteiger partial charge in [-0.3, -0.25) is 9.29 Å². The molecule has 5 nitrogen and oxygen atoms in total. The molecule has 3 aromatic carbocycles. The summed E-state index contributed by atoms with van der Waals surface area (Å²) in [6, 6.07) is 14.3. The molecule has 38 heavy (non-hydrogen) atoms. The summed E-state index contributed by atoms with van der Waals surface area (Å²) in [5.74, 6) is -1.86. The summed E-state index contributed by atoms with van der Waals surface area (Å²) in [5, 5.41) is 19.6. The number of benzene rings is 3. The minimum atomic E-state index is -1.07. The molecule has 1 saturated heterocycles. The van der Waals surface area contributed by atoms with Gasteiger partial charge >= 0.3 is 0 Å². The summed E-state index contributed by atoms with van der Waals surface area (Å²) >= 11 is 0. The van der Waals surface area contributed by atoms with Gasteiger partial charge in [-0.2, -0.15) is 0 Å². The standard InChI is InChI=1S/C30H30F3NO4/c1-17(34-10-9-19(14-31)15-34)16-37-23-6-3-20(4-7-23)30-28(21-11-25(32)29(36)26(33)12-21)18(2)24-13-22(35)5-8-27(24)38-30/h3-8,11-13,17,19,30,35-36H,9-10,14-16H2,1-2H3. The molecule has 0 amide bonds. The summed E-state index contributed by atoms with van der Waals surface area (Å²) in [6.07, 6.45) is 0.162. The molecule has 2 N–H and O–H groups in total. The van der Waals surface area contributed by atoms with E-state index in [4.69, 9.17) is 9.47 Å². The van der Waals surface area contributed by atoms with Gasteiger partial charge in [0.25, 0.3) is 0 Å². The fourth-order valence-electron chi connectivity index (χ4n) is 5.21. The highest BCUT2D eigenvalue weighted by Gasteiger charge is 2.31. The van der Waals surface area contributed by atoms with Gasteiger partial charge in [0.05, 0.1) is 6.67 Å². The minimum absolute atomic E-state index is 0.0393. The van der Waals surface area contributed by atoms with Crippen molar-refractivity contribution in [2.24, 2.45) is 5.92 Å². The molecule has 1 fully saturated rings. The first kappa shape index (κ1) is 26.0. The summed E-state index contributed by atoms with van der Waals surface area (Å²) < 4.78 is 53.9. The molecule has 5 rings (SSSR count). The van der Waals surface area contributed by atoms with E-state index in [0.29, 0.717) is 34.8 Å². The molecule has 3 atom stereocenters. The van der Waals surface area contributed by atoms with Gasteiger partial charge in [0.2, 0.25) is 0 Å². The molecule has 8 heteroatoms. The second-order valence-corrected chi connectivity index (χ2v) is 10.0. The van der Waals surface area contributed by atoms with Crippen molar-refractivity contribution in [3.63, 3.8) is 0 Å². The number of hydrogen-bond donors (Lipinski definition) is 2. The van der Waals surface area contributed by atoms with E-state index in [0.717, 1.165) is 37.2 Å². The SMILES string of the molecule is CC1=C(c2cc(F)c(O)c(F)c2)C(c2ccc(OCC(C)N3CCC(CF)C3)cc2)Oc2ccc(O)cc21. The number of alkyl halides is 1. The molecule has 0 aromatic heterocycles. The topological polar surface area (TPSA) is 62.2 Å². The van der Waals surface area contributed by atoms with Crippen molar-refractivity contribution in [3.8, 4) is 23.0 Å². The lowest BCUT2D eigenvalue weighted by molar-refractivity contribution is 0.165. The Labute approximate surface area is 219 Å². The molecule has 2 aliphatic heterocycles. The summed E-state index contributed by atoms with van der Waals surface area (Å²) in [5.41, 5.74) is 2.76. The van der Waals surface area contributed by atoms with E-state index in [1.807, 2.05) is 24.3 Å². The number of halogens is 3. The zero-order chi connectivity index (χ0) is 27.0. The first-order valence-electron chi connectivity index (χ1n) is 12.7. The van der Waals surface area contributed by atoms with Gasteiger partial charge in [-0.05, 0) is 86.0 Å². The van der Waals surface area contributed by atoms with E-state index >= 15 is 0 Å².